The number of amides is 1. The summed E-state index contributed by atoms with van der Waals surface area (Å²) >= 11 is 0. The van der Waals surface area contributed by atoms with Gasteiger partial charge in [-0.3, -0.25) is 9.69 Å². The van der Waals surface area contributed by atoms with Gasteiger partial charge in [0.2, 0.25) is 5.91 Å². The quantitative estimate of drug-likeness (QED) is 0.773. The molecule has 1 amide bonds. The largest absolute Gasteiger partial charge is 0.335 e. The average Bonchev–Trinajstić information content (AvgIpc) is 2.82. The van der Waals surface area contributed by atoms with Gasteiger partial charge in [0.25, 0.3) is 0 Å². The zero-order valence-corrected chi connectivity index (χ0v) is 16.4. The van der Waals surface area contributed by atoms with E-state index in [0.717, 1.165) is 18.9 Å². The minimum absolute atomic E-state index is 0.105. The van der Waals surface area contributed by atoms with Crippen molar-refractivity contribution >= 4 is 5.91 Å². The van der Waals surface area contributed by atoms with Gasteiger partial charge in [0.1, 0.15) is 0 Å². The maximum Gasteiger partial charge on any atom is 0.225 e. The minimum atomic E-state index is 0.105. The van der Waals surface area contributed by atoms with Crippen LogP contribution in [0, 0.1) is 11.8 Å². The Balaban J connectivity index is 2.16. The first kappa shape index (κ1) is 18.8. The van der Waals surface area contributed by atoms with Crippen molar-refractivity contribution in [2.45, 2.75) is 104 Å². The summed E-state index contributed by atoms with van der Waals surface area (Å²) < 4.78 is 0. The summed E-state index contributed by atoms with van der Waals surface area (Å²) in [5.41, 5.74) is 0.182. The predicted molar refractivity (Wildman–Crippen MR) is 97.4 cm³/mol. The van der Waals surface area contributed by atoms with Crippen LogP contribution in [0.25, 0.3) is 0 Å². The summed E-state index contributed by atoms with van der Waals surface area (Å²) in [5, 5.41) is 0. The molecule has 2 rings (SSSR count). The summed E-state index contributed by atoms with van der Waals surface area (Å²) in [6.45, 7) is 16.7. The topological polar surface area (TPSA) is 23.6 Å². The molecule has 0 bridgehead atoms. The fourth-order valence-electron chi connectivity index (χ4n) is 4.62. The Morgan fingerprint density at radius 2 is 1.61 bits per heavy atom. The second-order valence-electron chi connectivity index (χ2n) is 9.38. The van der Waals surface area contributed by atoms with Crippen molar-refractivity contribution in [3.8, 4) is 0 Å². The van der Waals surface area contributed by atoms with Gasteiger partial charge in [-0.25, -0.2) is 0 Å². The fourth-order valence-corrected chi connectivity index (χ4v) is 4.62. The lowest BCUT2D eigenvalue weighted by molar-refractivity contribution is -0.140. The van der Waals surface area contributed by atoms with E-state index in [1.54, 1.807) is 0 Å². The first-order valence-electron chi connectivity index (χ1n) is 9.70. The third-order valence-corrected chi connectivity index (χ3v) is 5.93. The van der Waals surface area contributed by atoms with Gasteiger partial charge >= 0.3 is 0 Å². The first-order chi connectivity index (χ1) is 10.6. The van der Waals surface area contributed by atoms with Crippen molar-refractivity contribution in [2.24, 2.45) is 11.8 Å². The van der Waals surface area contributed by atoms with E-state index >= 15 is 0 Å². The van der Waals surface area contributed by atoms with Gasteiger partial charge in [-0.15, -0.1) is 0 Å². The fraction of sp³-hybridized carbons (Fsp3) is 0.950. The van der Waals surface area contributed by atoms with Crippen molar-refractivity contribution in [1.29, 1.82) is 0 Å². The summed E-state index contributed by atoms with van der Waals surface area (Å²) in [7, 11) is 0. The normalized spacial score (nSPS) is 33.2. The molecule has 1 saturated heterocycles. The molecule has 23 heavy (non-hydrogen) atoms. The molecule has 1 aliphatic carbocycles. The van der Waals surface area contributed by atoms with Crippen molar-refractivity contribution in [3.05, 3.63) is 0 Å². The Labute approximate surface area is 143 Å². The summed E-state index contributed by atoms with van der Waals surface area (Å²) in [6.07, 6.45) is 6.07. The predicted octanol–water partition coefficient (Wildman–Crippen LogP) is 4.31. The molecular weight excluding hydrogens is 284 g/mol. The van der Waals surface area contributed by atoms with Crippen molar-refractivity contribution in [1.82, 2.24) is 9.80 Å². The number of likely N-dealkylation sites (tertiary alicyclic amines) is 1. The van der Waals surface area contributed by atoms with E-state index in [9.17, 15) is 4.79 Å². The number of carbonyl (C=O) groups excluding carboxylic acids is 1. The van der Waals surface area contributed by atoms with Gasteiger partial charge in [-0.2, -0.15) is 0 Å². The first-order valence-corrected chi connectivity index (χ1v) is 9.70. The van der Waals surface area contributed by atoms with Crippen LogP contribution in [0.5, 0.6) is 0 Å². The number of rotatable bonds is 3. The van der Waals surface area contributed by atoms with Gasteiger partial charge in [0.15, 0.2) is 0 Å². The molecule has 0 radical (unpaired) electrons. The molecule has 0 aromatic heterocycles. The molecule has 0 aromatic carbocycles. The Bertz CT molecular complexity index is 404. The van der Waals surface area contributed by atoms with Crippen LogP contribution in [0.3, 0.4) is 0 Å². The van der Waals surface area contributed by atoms with Gasteiger partial charge in [-0.1, -0.05) is 20.8 Å². The molecule has 0 N–H and O–H groups in total. The third-order valence-electron chi connectivity index (χ3n) is 5.93. The smallest absolute Gasteiger partial charge is 0.225 e. The molecule has 1 aliphatic heterocycles. The highest BCUT2D eigenvalue weighted by Gasteiger charge is 2.42. The van der Waals surface area contributed by atoms with E-state index < -0.39 is 0 Å². The van der Waals surface area contributed by atoms with Crippen LogP contribution in [-0.4, -0.2) is 45.9 Å². The highest BCUT2D eigenvalue weighted by atomic mass is 16.2. The highest BCUT2D eigenvalue weighted by molar-refractivity contribution is 5.79. The Hall–Kier alpha value is -0.570. The second kappa shape index (κ2) is 7.13. The molecule has 0 unspecified atom stereocenters. The highest BCUT2D eigenvalue weighted by Crippen LogP contribution is 2.35. The Morgan fingerprint density at radius 1 is 1.04 bits per heavy atom. The molecule has 2 aliphatic rings. The van der Waals surface area contributed by atoms with Crippen LogP contribution in [0.1, 0.15) is 80.6 Å². The molecule has 0 aromatic rings. The Kier molecular flexibility index (Phi) is 5.81. The lowest BCUT2D eigenvalue weighted by Crippen LogP contribution is -2.52. The maximum atomic E-state index is 13.0. The number of nitrogens with zero attached hydrogens (tertiary/aromatic N) is 2. The summed E-state index contributed by atoms with van der Waals surface area (Å²) in [6, 6.07) is 1.43. The van der Waals surface area contributed by atoms with Crippen LogP contribution >= 0.6 is 0 Å². The van der Waals surface area contributed by atoms with Crippen molar-refractivity contribution in [3.63, 3.8) is 0 Å². The van der Waals surface area contributed by atoms with Crippen LogP contribution < -0.4 is 0 Å². The lowest BCUT2D eigenvalue weighted by Gasteiger charge is -2.41. The van der Waals surface area contributed by atoms with Crippen LogP contribution in [0.2, 0.25) is 0 Å². The molecule has 1 heterocycles. The maximum absolute atomic E-state index is 13.0. The standard InChI is InChI=1S/C20H38N2O/c1-14(2)19(23)22(17-10-8-15(3)9-11-17)18-12-16(4)21(13-18)20(5,6)7/h14-18H,8-13H2,1-7H3/t15?,16-,17?,18-/m0/s1. The molecule has 3 nitrogen and oxygen atoms in total. The van der Waals surface area contributed by atoms with Crippen LogP contribution in [0.15, 0.2) is 0 Å². The molecule has 1 saturated carbocycles. The zero-order valence-electron chi connectivity index (χ0n) is 16.4. The van der Waals surface area contributed by atoms with E-state index in [2.05, 4.69) is 58.3 Å². The van der Waals surface area contributed by atoms with E-state index in [1.165, 1.54) is 25.7 Å². The monoisotopic (exact) mass is 322 g/mol. The third kappa shape index (κ3) is 4.29. The van der Waals surface area contributed by atoms with Gasteiger partial charge in [0, 0.05) is 36.1 Å². The van der Waals surface area contributed by atoms with Crippen LogP contribution in [0.4, 0.5) is 0 Å². The van der Waals surface area contributed by atoms with E-state index in [4.69, 9.17) is 0 Å². The summed E-state index contributed by atoms with van der Waals surface area (Å²) in [5.74, 6) is 1.31. The lowest BCUT2D eigenvalue weighted by atomic mass is 9.85. The van der Waals surface area contributed by atoms with E-state index in [1.807, 2.05) is 0 Å². The second-order valence-corrected chi connectivity index (χ2v) is 9.38. The molecule has 2 fully saturated rings. The van der Waals surface area contributed by atoms with Crippen LogP contribution in [-0.2, 0) is 4.79 Å². The van der Waals surface area contributed by atoms with Crippen molar-refractivity contribution < 1.29 is 4.79 Å². The molecule has 3 heteroatoms. The number of hydrogen-bond donors (Lipinski definition) is 0. The zero-order chi connectivity index (χ0) is 17.4. The van der Waals surface area contributed by atoms with E-state index in [0.29, 0.717) is 24.0 Å². The minimum Gasteiger partial charge on any atom is -0.335 e. The van der Waals surface area contributed by atoms with E-state index in [-0.39, 0.29) is 11.5 Å². The molecule has 0 spiro atoms. The SMILES string of the molecule is CC1CCC(N(C(=O)C(C)C)[C@H]2C[C@H](C)N(C(C)(C)C)C2)CC1. The van der Waals surface area contributed by atoms with Gasteiger partial charge in [0.05, 0.1) is 0 Å². The van der Waals surface area contributed by atoms with Gasteiger partial charge < -0.3 is 4.90 Å². The molecular formula is C20H38N2O. The number of carbonyl (C=O) groups is 1. The summed E-state index contributed by atoms with van der Waals surface area (Å²) in [4.78, 5) is 17.9. The average molecular weight is 323 g/mol. The molecule has 2 atom stereocenters. The van der Waals surface area contributed by atoms with Crippen molar-refractivity contribution in [2.75, 3.05) is 6.54 Å². The molecule has 134 valence electrons. The number of hydrogen-bond acceptors (Lipinski definition) is 2. The van der Waals surface area contributed by atoms with Gasteiger partial charge in [-0.05, 0) is 65.7 Å². The Morgan fingerprint density at radius 3 is 2.04 bits per heavy atom.